The molecule has 0 saturated heterocycles. The first-order chi connectivity index (χ1) is 6.07. The molecule has 0 aliphatic heterocycles. The van der Waals surface area contributed by atoms with Crippen LogP contribution in [0.3, 0.4) is 0 Å². The molecule has 13 heavy (non-hydrogen) atoms. The molecule has 0 bridgehead atoms. The Kier molecular flexibility index (Phi) is 2.09. The maximum absolute atomic E-state index is 6.40. The lowest BCUT2D eigenvalue weighted by Crippen LogP contribution is -2.20. The minimum absolute atomic E-state index is 1.07. The van der Waals surface area contributed by atoms with Gasteiger partial charge < -0.3 is 0 Å². The molecule has 0 amide bonds. The van der Waals surface area contributed by atoms with Crippen LogP contribution in [0, 0.1) is 0 Å². The van der Waals surface area contributed by atoms with Gasteiger partial charge in [-0.05, 0) is 17.5 Å². The van der Waals surface area contributed by atoms with Crippen molar-refractivity contribution in [3.63, 3.8) is 0 Å². The van der Waals surface area contributed by atoms with Crippen LogP contribution in [0.1, 0.15) is 11.1 Å². The van der Waals surface area contributed by atoms with Crippen molar-refractivity contribution in [3.05, 3.63) is 40.6 Å². The van der Waals surface area contributed by atoms with Gasteiger partial charge in [-0.1, -0.05) is 48.6 Å². The molecule has 0 aromatic heterocycles. The van der Waals surface area contributed by atoms with Gasteiger partial charge in [0.25, 0.3) is 0 Å². The Labute approximate surface area is 85.0 Å². The highest BCUT2D eigenvalue weighted by Crippen LogP contribution is 2.32. The number of hydrogen-bond acceptors (Lipinski definition) is 0. The molecule has 1 aliphatic carbocycles. The Hall–Kier alpha value is -0.533. The van der Waals surface area contributed by atoms with Crippen molar-refractivity contribution in [1.29, 1.82) is 0 Å². The van der Waals surface area contributed by atoms with Gasteiger partial charge in [0, 0.05) is 0 Å². The monoisotopic (exact) mass is 208 g/mol. The minimum Gasteiger partial charge on any atom is -0.162 e. The summed E-state index contributed by atoms with van der Waals surface area (Å²) in [6.07, 6.45) is 3.34. The zero-order valence-corrected chi connectivity index (χ0v) is 9.73. The first kappa shape index (κ1) is 9.04. The molecule has 2 heteroatoms. The zero-order chi connectivity index (χ0) is 9.47. The van der Waals surface area contributed by atoms with Gasteiger partial charge in [0.15, 0.2) is 7.38 Å². The second kappa shape index (κ2) is 3.00. The highest BCUT2D eigenvalue weighted by molar-refractivity contribution is 7.23. The first-order valence-electron chi connectivity index (χ1n) is 4.55. The average Bonchev–Trinajstić information content (AvgIpc) is 2.45. The molecule has 0 atom stereocenters. The summed E-state index contributed by atoms with van der Waals surface area (Å²) in [5.74, 6) is 0. The average molecular weight is 209 g/mol. The molecule has 0 spiro atoms. The number of allylic oxidation sites excluding steroid dienone is 1. The molecule has 2 rings (SSSR count). The van der Waals surface area contributed by atoms with E-state index in [0.717, 1.165) is 6.42 Å². The van der Waals surface area contributed by atoms with E-state index in [0.29, 0.717) is 0 Å². The third-order valence-electron chi connectivity index (χ3n) is 2.53. The number of benzene rings is 1. The lowest BCUT2D eigenvalue weighted by Gasteiger charge is -2.13. The van der Waals surface area contributed by atoms with E-state index in [1.54, 1.807) is 0 Å². The van der Waals surface area contributed by atoms with Crippen LogP contribution in [0.4, 0.5) is 0 Å². The van der Waals surface area contributed by atoms with Crippen molar-refractivity contribution in [2.75, 3.05) is 0 Å². The summed E-state index contributed by atoms with van der Waals surface area (Å²) in [6, 6.07) is 8.54. The second-order valence-corrected chi connectivity index (χ2v) is 10.4. The van der Waals surface area contributed by atoms with Crippen LogP contribution in [0.5, 0.6) is 0 Å². The predicted octanol–water partition coefficient (Wildman–Crippen LogP) is 3.61. The van der Waals surface area contributed by atoms with Crippen molar-refractivity contribution in [2.24, 2.45) is 0 Å². The predicted molar refractivity (Wildman–Crippen MR) is 61.5 cm³/mol. The molecule has 1 aromatic rings. The van der Waals surface area contributed by atoms with Crippen LogP contribution in [0.25, 0.3) is 6.08 Å². The van der Waals surface area contributed by atoms with E-state index in [9.17, 15) is 0 Å². The molecule has 0 nitrogen and oxygen atoms in total. The number of rotatable bonds is 1. The van der Waals surface area contributed by atoms with Crippen LogP contribution >= 0.6 is 11.1 Å². The molecule has 0 saturated carbocycles. The molecular formula is C11H13ClSi. The molecular weight excluding hydrogens is 196 g/mol. The Morgan fingerprint density at radius 2 is 1.92 bits per heavy atom. The SMILES string of the molecule is C[Si](C)(Cl)C1=Cc2ccccc2C1. The van der Waals surface area contributed by atoms with Crippen LogP contribution in [0.2, 0.25) is 13.1 Å². The van der Waals surface area contributed by atoms with E-state index >= 15 is 0 Å². The largest absolute Gasteiger partial charge is 0.177 e. The van der Waals surface area contributed by atoms with Crippen molar-refractivity contribution in [3.8, 4) is 0 Å². The standard InChI is InChI=1S/C11H13ClSi/c1-13(2,12)11-7-9-5-3-4-6-10(9)8-11/h3-7H,8H2,1-2H3. The van der Waals surface area contributed by atoms with E-state index in [1.807, 2.05) is 0 Å². The zero-order valence-electron chi connectivity index (χ0n) is 7.97. The maximum atomic E-state index is 6.40. The fraction of sp³-hybridized carbons (Fsp3) is 0.273. The van der Waals surface area contributed by atoms with Crippen LogP contribution in [-0.4, -0.2) is 7.38 Å². The van der Waals surface area contributed by atoms with Crippen molar-refractivity contribution in [2.45, 2.75) is 19.5 Å². The third-order valence-corrected chi connectivity index (χ3v) is 5.11. The van der Waals surface area contributed by atoms with E-state index in [2.05, 4.69) is 43.4 Å². The fourth-order valence-electron chi connectivity index (χ4n) is 1.66. The van der Waals surface area contributed by atoms with Crippen LogP contribution in [-0.2, 0) is 6.42 Å². The van der Waals surface area contributed by atoms with Crippen molar-refractivity contribution >= 4 is 24.5 Å². The van der Waals surface area contributed by atoms with Gasteiger partial charge in [0.05, 0.1) is 0 Å². The van der Waals surface area contributed by atoms with E-state index in [4.69, 9.17) is 11.1 Å². The summed E-state index contributed by atoms with van der Waals surface area (Å²) >= 11 is 6.40. The molecule has 0 unspecified atom stereocenters. The fourth-order valence-corrected chi connectivity index (χ4v) is 3.14. The van der Waals surface area contributed by atoms with Crippen LogP contribution < -0.4 is 0 Å². The maximum Gasteiger partial charge on any atom is 0.177 e. The summed E-state index contributed by atoms with van der Waals surface area (Å²) in [5.41, 5.74) is 2.79. The number of hydrogen-bond donors (Lipinski definition) is 0. The van der Waals surface area contributed by atoms with Crippen LogP contribution in [0.15, 0.2) is 29.5 Å². The summed E-state index contributed by atoms with van der Waals surface area (Å²) in [4.78, 5) is 0. The van der Waals surface area contributed by atoms with E-state index in [1.165, 1.54) is 16.3 Å². The molecule has 0 heterocycles. The van der Waals surface area contributed by atoms with Gasteiger partial charge in [0.1, 0.15) is 0 Å². The molecule has 0 radical (unpaired) electrons. The highest BCUT2D eigenvalue weighted by atomic mass is 35.6. The highest BCUT2D eigenvalue weighted by Gasteiger charge is 2.26. The number of fused-ring (bicyclic) bond motifs is 1. The van der Waals surface area contributed by atoms with Gasteiger partial charge in [-0.15, -0.1) is 0 Å². The Morgan fingerprint density at radius 3 is 2.54 bits per heavy atom. The summed E-state index contributed by atoms with van der Waals surface area (Å²) in [5, 5.41) is 1.45. The molecule has 0 fully saturated rings. The van der Waals surface area contributed by atoms with E-state index < -0.39 is 7.38 Å². The molecule has 1 aromatic carbocycles. The molecule has 0 N–H and O–H groups in total. The van der Waals surface area contributed by atoms with Gasteiger partial charge in [-0.3, -0.25) is 0 Å². The molecule has 68 valence electrons. The van der Waals surface area contributed by atoms with Gasteiger partial charge in [-0.2, -0.15) is 11.1 Å². The smallest absolute Gasteiger partial charge is 0.162 e. The van der Waals surface area contributed by atoms with Gasteiger partial charge in [-0.25, -0.2) is 0 Å². The number of halogens is 1. The van der Waals surface area contributed by atoms with Gasteiger partial charge >= 0.3 is 0 Å². The summed E-state index contributed by atoms with van der Waals surface area (Å²) < 4.78 is 0. The van der Waals surface area contributed by atoms with Crippen molar-refractivity contribution in [1.82, 2.24) is 0 Å². The van der Waals surface area contributed by atoms with Gasteiger partial charge in [0.2, 0.25) is 0 Å². The lowest BCUT2D eigenvalue weighted by atomic mass is 10.1. The second-order valence-electron chi connectivity index (χ2n) is 4.02. The van der Waals surface area contributed by atoms with Crippen molar-refractivity contribution < 1.29 is 0 Å². The topological polar surface area (TPSA) is 0 Å². The third kappa shape index (κ3) is 1.72. The normalized spacial score (nSPS) is 15.5. The lowest BCUT2D eigenvalue weighted by molar-refractivity contribution is 1.27. The summed E-state index contributed by atoms with van der Waals surface area (Å²) in [7, 11) is -1.59. The first-order valence-corrected chi connectivity index (χ1v) is 8.56. The Bertz CT molecular complexity index is 361. The summed E-state index contributed by atoms with van der Waals surface area (Å²) in [6.45, 7) is 4.37. The minimum atomic E-state index is -1.59. The van der Waals surface area contributed by atoms with E-state index in [-0.39, 0.29) is 0 Å². The quantitative estimate of drug-likeness (QED) is 0.489. The Balaban J connectivity index is 2.37. The molecule has 1 aliphatic rings. The Morgan fingerprint density at radius 1 is 1.23 bits per heavy atom.